The van der Waals surface area contributed by atoms with Crippen LogP contribution in [0, 0.1) is 6.92 Å². The van der Waals surface area contributed by atoms with Crippen molar-refractivity contribution in [3.05, 3.63) is 28.8 Å². The Morgan fingerprint density at radius 3 is 2.89 bits per heavy atom. The molecule has 1 aromatic carbocycles. The smallest absolute Gasteiger partial charge is 0.258 e. The molecule has 0 bridgehead atoms. The fourth-order valence-corrected chi connectivity index (χ4v) is 2.11. The van der Waals surface area contributed by atoms with Crippen LogP contribution in [0.25, 0.3) is 0 Å². The fraction of sp³-hybridized carbons (Fsp3) is 0.500. The average Bonchev–Trinajstić information content (AvgIpc) is 2.35. The Hall–Kier alpha value is -1.26. The summed E-state index contributed by atoms with van der Waals surface area (Å²) in [5, 5.41) is 13.0. The molecule has 0 radical (unpaired) electrons. The van der Waals surface area contributed by atoms with E-state index in [1.165, 1.54) is 0 Å². The molecule has 0 saturated heterocycles. The van der Waals surface area contributed by atoms with Gasteiger partial charge in [-0.1, -0.05) is 17.7 Å². The van der Waals surface area contributed by atoms with Crippen molar-refractivity contribution in [3.63, 3.8) is 0 Å². The van der Waals surface area contributed by atoms with Crippen LogP contribution in [0.15, 0.2) is 18.2 Å². The molecule has 1 fully saturated rings. The van der Waals surface area contributed by atoms with E-state index in [0.29, 0.717) is 10.8 Å². The van der Waals surface area contributed by atoms with Gasteiger partial charge in [0, 0.05) is 6.54 Å². The highest BCUT2D eigenvalue weighted by atomic mass is 35.5. The minimum Gasteiger partial charge on any atom is -0.482 e. The standard InChI is InChI=1S/C14H18ClNO3/c1-10-3-4-11(15)12(7-10)19-8-13(17)16-9-14(18)5-2-6-14/h3-4,7,18H,2,5-6,8-9H2,1H3,(H,16,17). The fourth-order valence-electron chi connectivity index (χ4n) is 1.94. The van der Waals surface area contributed by atoms with Crippen molar-refractivity contribution in [2.45, 2.75) is 31.8 Å². The van der Waals surface area contributed by atoms with Gasteiger partial charge in [0.25, 0.3) is 5.91 Å². The number of amides is 1. The van der Waals surface area contributed by atoms with E-state index in [-0.39, 0.29) is 19.1 Å². The van der Waals surface area contributed by atoms with Crippen molar-refractivity contribution >= 4 is 17.5 Å². The van der Waals surface area contributed by atoms with Crippen LogP contribution in [-0.2, 0) is 4.79 Å². The summed E-state index contributed by atoms with van der Waals surface area (Å²) in [4.78, 5) is 11.6. The van der Waals surface area contributed by atoms with E-state index in [0.717, 1.165) is 24.8 Å². The van der Waals surface area contributed by atoms with Gasteiger partial charge >= 0.3 is 0 Å². The number of halogens is 1. The zero-order valence-electron chi connectivity index (χ0n) is 10.9. The van der Waals surface area contributed by atoms with Crippen molar-refractivity contribution < 1.29 is 14.6 Å². The van der Waals surface area contributed by atoms with Crippen molar-refractivity contribution in [2.24, 2.45) is 0 Å². The molecule has 1 amide bonds. The Bertz CT molecular complexity index is 472. The van der Waals surface area contributed by atoms with Gasteiger partial charge in [0.2, 0.25) is 0 Å². The first-order valence-electron chi connectivity index (χ1n) is 6.37. The molecule has 2 N–H and O–H groups in total. The number of ether oxygens (including phenoxy) is 1. The maximum Gasteiger partial charge on any atom is 0.258 e. The molecule has 0 aromatic heterocycles. The summed E-state index contributed by atoms with van der Waals surface area (Å²) in [5.74, 6) is 0.247. The Balaban J connectivity index is 1.78. The Kier molecular flexibility index (Phi) is 4.32. The summed E-state index contributed by atoms with van der Waals surface area (Å²) in [5.41, 5.74) is 0.306. The van der Waals surface area contributed by atoms with Gasteiger partial charge in [0.15, 0.2) is 6.61 Å². The third-order valence-electron chi connectivity index (χ3n) is 3.34. The monoisotopic (exact) mass is 283 g/mol. The lowest BCUT2D eigenvalue weighted by atomic mass is 9.80. The third kappa shape index (κ3) is 3.85. The van der Waals surface area contributed by atoms with Gasteiger partial charge in [-0.05, 0) is 43.9 Å². The second-order valence-electron chi connectivity index (χ2n) is 5.08. The van der Waals surface area contributed by atoms with Crippen molar-refractivity contribution in [1.82, 2.24) is 5.32 Å². The van der Waals surface area contributed by atoms with Gasteiger partial charge in [-0.15, -0.1) is 0 Å². The predicted molar refractivity (Wildman–Crippen MR) is 73.5 cm³/mol. The number of aliphatic hydroxyl groups is 1. The highest BCUT2D eigenvalue weighted by molar-refractivity contribution is 6.32. The molecular formula is C14H18ClNO3. The lowest BCUT2D eigenvalue weighted by Crippen LogP contribution is -2.48. The van der Waals surface area contributed by atoms with Gasteiger partial charge < -0.3 is 15.2 Å². The Morgan fingerprint density at radius 2 is 2.26 bits per heavy atom. The maximum atomic E-state index is 11.6. The van der Waals surface area contributed by atoms with Gasteiger partial charge in [0.1, 0.15) is 5.75 Å². The van der Waals surface area contributed by atoms with E-state index in [2.05, 4.69) is 5.32 Å². The summed E-state index contributed by atoms with van der Waals surface area (Å²) in [7, 11) is 0. The first-order chi connectivity index (χ1) is 8.98. The summed E-state index contributed by atoms with van der Waals surface area (Å²) in [6, 6.07) is 5.40. The average molecular weight is 284 g/mol. The van der Waals surface area contributed by atoms with Crippen LogP contribution in [0.5, 0.6) is 5.75 Å². The van der Waals surface area contributed by atoms with E-state index in [1.807, 2.05) is 13.0 Å². The first-order valence-corrected chi connectivity index (χ1v) is 6.74. The van der Waals surface area contributed by atoms with Crippen LogP contribution in [0.1, 0.15) is 24.8 Å². The topological polar surface area (TPSA) is 58.6 Å². The van der Waals surface area contributed by atoms with E-state index in [1.54, 1.807) is 12.1 Å². The number of hydrogen-bond donors (Lipinski definition) is 2. The molecule has 0 aliphatic heterocycles. The molecule has 4 nitrogen and oxygen atoms in total. The maximum absolute atomic E-state index is 11.6. The van der Waals surface area contributed by atoms with Crippen LogP contribution in [0.3, 0.4) is 0 Å². The normalized spacial score (nSPS) is 16.6. The quantitative estimate of drug-likeness (QED) is 0.870. The molecule has 5 heteroatoms. The number of rotatable bonds is 5. The van der Waals surface area contributed by atoms with E-state index >= 15 is 0 Å². The summed E-state index contributed by atoms with van der Waals surface area (Å²) in [6.07, 6.45) is 2.51. The molecule has 0 atom stereocenters. The Morgan fingerprint density at radius 1 is 1.53 bits per heavy atom. The van der Waals surface area contributed by atoms with Gasteiger partial charge in [-0.2, -0.15) is 0 Å². The molecule has 1 aliphatic carbocycles. The number of hydrogen-bond acceptors (Lipinski definition) is 3. The number of aryl methyl sites for hydroxylation is 1. The lowest BCUT2D eigenvalue weighted by molar-refractivity contribution is -0.125. The van der Waals surface area contributed by atoms with Crippen LogP contribution in [0.2, 0.25) is 5.02 Å². The van der Waals surface area contributed by atoms with Crippen molar-refractivity contribution in [1.29, 1.82) is 0 Å². The third-order valence-corrected chi connectivity index (χ3v) is 3.66. The zero-order chi connectivity index (χ0) is 13.9. The minimum absolute atomic E-state index is 0.0980. The molecule has 1 saturated carbocycles. The van der Waals surface area contributed by atoms with Crippen LogP contribution in [0.4, 0.5) is 0 Å². The molecule has 0 unspecified atom stereocenters. The lowest BCUT2D eigenvalue weighted by Gasteiger charge is -2.36. The largest absolute Gasteiger partial charge is 0.482 e. The van der Waals surface area contributed by atoms with Crippen LogP contribution < -0.4 is 10.1 Å². The van der Waals surface area contributed by atoms with E-state index < -0.39 is 5.60 Å². The molecule has 0 spiro atoms. The number of carbonyl (C=O) groups excluding carboxylic acids is 1. The molecule has 2 rings (SSSR count). The number of nitrogens with one attached hydrogen (secondary N) is 1. The summed E-state index contributed by atoms with van der Waals surface area (Å²) < 4.78 is 5.37. The second-order valence-corrected chi connectivity index (χ2v) is 5.48. The highest BCUT2D eigenvalue weighted by Gasteiger charge is 2.34. The molecular weight excluding hydrogens is 266 g/mol. The van der Waals surface area contributed by atoms with Crippen molar-refractivity contribution in [2.75, 3.05) is 13.2 Å². The SMILES string of the molecule is Cc1ccc(Cl)c(OCC(=O)NCC2(O)CCC2)c1. The second kappa shape index (κ2) is 5.80. The molecule has 104 valence electrons. The first kappa shape index (κ1) is 14.2. The zero-order valence-corrected chi connectivity index (χ0v) is 11.7. The van der Waals surface area contributed by atoms with Gasteiger partial charge in [-0.3, -0.25) is 4.79 Å². The van der Waals surface area contributed by atoms with E-state index in [4.69, 9.17) is 16.3 Å². The summed E-state index contributed by atoms with van der Waals surface area (Å²) in [6.45, 7) is 2.12. The van der Waals surface area contributed by atoms with Gasteiger partial charge in [-0.25, -0.2) is 0 Å². The summed E-state index contributed by atoms with van der Waals surface area (Å²) >= 11 is 5.96. The highest BCUT2D eigenvalue weighted by Crippen LogP contribution is 2.30. The van der Waals surface area contributed by atoms with Crippen LogP contribution in [-0.4, -0.2) is 29.8 Å². The molecule has 1 aliphatic rings. The van der Waals surface area contributed by atoms with Crippen molar-refractivity contribution in [3.8, 4) is 5.75 Å². The number of benzene rings is 1. The van der Waals surface area contributed by atoms with Gasteiger partial charge in [0.05, 0.1) is 10.6 Å². The Labute approximate surface area is 117 Å². The van der Waals surface area contributed by atoms with Crippen LogP contribution >= 0.6 is 11.6 Å². The number of carbonyl (C=O) groups is 1. The minimum atomic E-state index is -0.712. The molecule has 1 aromatic rings. The molecule has 19 heavy (non-hydrogen) atoms. The van der Waals surface area contributed by atoms with E-state index in [9.17, 15) is 9.90 Å². The molecule has 0 heterocycles. The predicted octanol–water partition coefficient (Wildman–Crippen LogP) is 2.06.